The number of rotatable bonds is 9. The first-order chi connectivity index (χ1) is 14.9. The zero-order valence-electron chi connectivity index (χ0n) is 17.8. The van der Waals surface area contributed by atoms with Gasteiger partial charge in [0.05, 0.1) is 12.0 Å². The van der Waals surface area contributed by atoms with E-state index in [1.165, 1.54) is 11.8 Å². The van der Waals surface area contributed by atoms with Gasteiger partial charge in [-0.05, 0) is 92.8 Å². The van der Waals surface area contributed by atoms with Gasteiger partial charge < -0.3 is 4.74 Å². The summed E-state index contributed by atoms with van der Waals surface area (Å²) in [7, 11) is 0. The molecule has 0 saturated carbocycles. The number of hydrogen-bond acceptors (Lipinski definition) is 2. The Labute approximate surface area is 194 Å². The molecule has 0 aliphatic carbocycles. The maximum Gasteiger partial charge on any atom is 0.137 e. The second-order valence-corrected chi connectivity index (χ2v) is 9.16. The first-order valence-corrected chi connectivity index (χ1v) is 11.6. The Kier molecular flexibility index (Phi) is 8.07. The third-order valence-corrected chi connectivity index (χ3v) is 6.59. The van der Waals surface area contributed by atoms with Gasteiger partial charge in [0.2, 0.25) is 0 Å². The minimum Gasteiger partial charge on any atom is -0.494 e. The fraction of sp³-hybridized carbons (Fsp3) is 0.259. The van der Waals surface area contributed by atoms with Crippen LogP contribution in [0.4, 0.5) is 4.39 Å². The van der Waals surface area contributed by atoms with Gasteiger partial charge in [-0.2, -0.15) is 0 Å². The van der Waals surface area contributed by atoms with Crippen LogP contribution in [-0.4, -0.2) is 6.61 Å². The largest absolute Gasteiger partial charge is 0.494 e. The molecular formula is C27H26ClFOS. The molecule has 1 unspecified atom stereocenters. The van der Waals surface area contributed by atoms with Gasteiger partial charge in [-0.1, -0.05) is 47.5 Å². The summed E-state index contributed by atoms with van der Waals surface area (Å²) in [6, 6.07) is 20.8. The molecule has 0 aliphatic rings. The fourth-order valence-electron chi connectivity index (χ4n) is 3.44. The highest BCUT2D eigenvalue weighted by atomic mass is 35.5. The molecule has 1 nitrogen and oxygen atoms in total. The third kappa shape index (κ3) is 6.29. The second-order valence-electron chi connectivity index (χ2n) is 7.61. The molecule has 0 bridgehead atoms. The van der Waals surface area contributed by atoms with Crippen LogP contribution in [0.25, 0.3) is 0 Å². The molecule has 0 radical (unpaired) electrons. The van der Waals surface area contributed by atoms with Gasteiger partial charge in [-0.3, -0.25) is 0 Å². The van der Waals surface area contributed by atoms with Gasteiger partial charge in [-0.15, -0.1) is 6.42 Å². The summed E-state index contributed by atoms with van der Waals surface area (Å²) in [6.07, 6.45) is 8.50. The average molecular weight is 453 g/mol. The summed E-state index contributed by atoms with van der Waals surface area (Å²) in [5.74, 6) is 3.61. The maximum atomic E-state index is 14.3. The third-order valence-electron chi connectivity index (χ3n) is 5.30. The van der Waals surface area contributed by atoms with Gasteiger partial charge in [0, 0.05) is 14.8 Å². The van der Waals surface area contributed by atoms with Crippen LogP contribution in [0.3, 0.4) is 0 Å². The first-order valence-electron chi connectivity index (χ1n) is 10.4. The van der Waals surface area contributed by atoms with Gasteiger partial charge in [0.25, 0.3) is 0 Å². The summed E-state index contributed by atoms with van der Waals surface area (Å²) in [6.45, 7) is 4.70. The predicted octanol–water partition coefficient (Wildman–Crippen LogP) is 7.94. The van der Waals surface area contributed by atoms with E-state index < -0.39 is 0 Å². The summed E-state index contributed by atoms with van der Waals surface area (Å²) in [5, 5.41) is 0.669. The van der Waals surface area contributed by atoms with Crippen molar-refractivity contribution in [3.05, 3.63) is 88.7 Å². The van der Waals surface area contributed by atoms with Crippen molar-refractivity contribution in [2.24, 2.45) is 0 Å². The zero-order chi connectivity index (χ0) is 22.3. The molecule has 3 aromatic carbocycles. The first kappa shape index (κ1) is 23.3. The molecule has 0 fully saturated rings. The average Bonchev–Trinajstić information content (AvgIpc) is 2.78. The Bertz CT molecular complexity index is 1040. The summed E-state index contributed by atoms with van der Waals surface area (Å²) < 4.78 is 19.9. The highest BCUT2D eigenvalue weighted by molar-refractivity contribution is 7.99. The summed E-state index contributed by atoms with van der Waals surface area (Å²) in [4.78, 5) is 1.57. The molecule has 160 valence electrons. The zero-order valence-corrected chi connectivity index (χ0v) is 19.4. The van der Waals surface area contributed by atoms with Crippen molar-refractivity contribution < 1.29 is 9.13 Å². The fourth-order valence-corrected chi connectivity index (χ4v) is 4.47. The normalized spacial score (nSPS) is 12.7. The minimum absolute atomic E-state index is 0.216. The number of aryl methyl sites for hydroxylation is 1. The molecule has 0 aromatic heterocycles. The van der Waals surface area contributed by atoms with Gasteiger partial charge >= 0.3 is 0 Å². The SMILES string of the molecule is C#CC(C)(CCCc1ccc(F)c(Sc2ccc(Cl)cc2)c1)c1ccc(OCC)cc1. The van der Waals surface area contributed by atoms with E-state index in [0.717, 1.165) is 41.0 Å². The highest BCUT2D eigenvalue weighted by Gasteiger charge is 2.23. The van der Waals surface area contributed by atoms with E-state index >= 15 is 0 Å². The maximum absolute atomic E-state index is 14.3. The van der Waals surface area contributed by atoms with Crippen LogP contribution in [0.1, 0.15) is 37.8 Å². The number of benzene rings is 3. The standard InChI is InChI=1S/C27H26ClFOS/c1-4-27(3,21-9-13-23(14-10-21)30-5-2)18-6-7-20-8-17-25(29)26(19-20)31-24-15-11-22(28)12-16-24/h1,8-17,19H,5-7,18H2,2-3H3. The highest BCUT2D eigenvalue weighted by Crippen LogP contribution is 2.33. The Morgan fingerprint density at radius 2 is 1.77 bits per heavy atom. The molecule has 31 heavy (non-hydrogen) atoms. The molecule has 0 spiro atoms. The number of halogens is 2. The van der Waals surface area contributed by atoms with E-state index in [0.29, 0.717) is 16.5 Å². The number of terminal acetylenes is 1. The molecule has 0 heterocycles. The van der Waals surface area contributed by atoms with Crippen LogP contribution >= 0.6 is 23.4 Å². The number of hydrogen-bond donors (Lipinski definition) is 0. The molecule has 3 aromatic rings. The van der Waals surface area contributed by atoms with E-state index in [1.807, 2.05) is 67.6 Å². The Hall–Kier alpha value is -2.41. The molecule has 0 amide bonds. The van der Waals surface area contributed by atoms with Crippen molar-refractivity contribution >= 4 is 23.4 Å². The minimum atomic E-state index is -0.355. The lowest BCUT2D eigenvalue weighted by Gasteiger charge is -2.24. The number of ether oxygens (including phenoxy) is 1. The van der Waals surface area contributed by atoms with Crippen molar-refractivity contribution in [2.75, 3.05) is 6.61 Å². The van der Waals surface area contributed by atoms with Crippen LogP contribution < -0.4 is 4.74 Å². The molecule has 4 heteroatoms. The van der Waals surface area contributed by atoms with E-state index in [4.69, 9.17) is 22.8 Å². The van der Waals surface area contributed by atoms with E-state index in [1.54, 1.807) is 6.07 Å². The molecule has 0 saturated heterocycles. The lowest BCUT2D eigenvalue weighted by molar-refractivity contribution is 0.340. The van der Waals surface area contributed by atoms with Crippen molar-refractivity contribution in [3.63, 3.8) is 0 Å². The Balaban J connectivity index is 1.64. The van der Waals surface area contributed by atoms with Crippen molar-refractivity contribution in [1.29, 1.82) is 0 Å². The van der Waals surface area contributed by atoms with E-state index in [9.17, 15) is 4.39 Å². The van der Waals surface area contributed by atoms with Crippen LogP contribution in [0, 0.1) is 18.2 Å². The lowest BCUT2D eigenvalue weighted by atomic mass is 9.78. The molecule has 0 aliphatic heterocycles. The topological polar surface area (TPSA) is 9.23 Å². The van der Waals surface area contributed by atoms with Crippen molar-refractivity contribution in [3.8, 4) is 18.1 Å². The van der Waals surface area contributed by atoms with Gasteiger partial charge in [-0.25, -0.2) is 4.39 Å². The molecule has 3 rings (SSSR count). The summed E-state index contributed by atoms with van der Waals surface area (Å²) >= 11 is 7.34. The van der Waals surface area contributed by atoms with Crippen LogP contribution in [0.15, 0.2) is 76.5 Å². The Morgan fingerprint density at radius 3 is 2.42 bits per heavy atom. The summed E-state index contributed by atoms with van der Waals surface area (Å²) in [5.41, 5.74) is 1.85. The Morgan fingerprint density at radius 1 is 1.06 bits per heavy atom. The second kappa shape index (κ2) is 10.8. The molecule has 0 N–H and O–H groups in total. The van der Waals surface area contributed by atoms with Gasteiger partial charge in [0.1, 0.15) is 11.6 Å². The van der Waals surface area contributed by atoms with E-state index in [2.05, 4.69) is 12.8 Å². The molecule has 1 atom stereocenters. The van der Waals surface area contributed by atoms with Crippen molar-refractivity contribution in [1.82, 2.24) is 0 Å². The lowest BCUT2D eigenvalue weighted by Crippen LogP contribution is -2.19. The van der Waals surface area contributed by atoms with E-state index in [-0.39, 0.29) is 11.2 Å². The molecular weight excluding hydrogens is 427 g/mol. The van der Waals surface area contributed by atoms with Crippen molar-refractivity contribution in [2.45, 2.75) is 48.3 Å². The quantitative estimate of drug-likeness (QED) is 0.304. The smallest absolute Gasteiger partial charge is 0.137 e. The predicted molar refractivity (Wildman–Crippen MR) is 129 cm³/mol. The van der Waals surface area contributed by atoms with Crippen LogP contribution in [-0.2, 0) is 11.8 Å². The van der Waals surface area contributed by atoms with Gasteiger partial charge in [0.15, 0.2) is 0 Å². The monoisotopic (exact) mass is 452 g/mol. The van der Waals surface area contributed by atoms with Crippen LogP contribution in [0.2, 0.25) is 5.02 Å². The van der Waals surface area contributed by atoms with Crippen LogP contribution in [0.5, 0.6) is 5.75 Å².